The Kier molecular flexibility index (Phi) is 4.72. The lowest BCUT2D eigenvalue weighted by molar-refractivity contribution is 0.435. The minimum Gasteiger partial charge on any atom is -0.467 e. The molecule has 1 atom stereocenters. The van der Waals surface area contributed by atoms with E-state index in [9.17, 15) is 0 Å². The van der Waals surface area contributed by atoms with Crippen LogP contribution in [0, 0.1) is 0 Å². The van der Waals surface area contributed by atoms with Crippen molar-refractivity contribution in [3.63, 3.8) is 0 Å². The number of furan rings is 1. The molecule has 0 fully saturated rings. The molecule has 1 heterocycles. The van der Waals surface area contributed by atoms with Gasteiger partial charge in [-0.05, 0) is 37.8 Å². The molecule has 0 spiro atoms. The van der Waals surface area contributed by atoms with Gasteiger partial charge in [0.2, 0.25) is 0 Å². The first kappa shape index (κ1) is 14.2. The predicted molar refractivity (Wildman–Crippen MR) is 82.6 cm³/mol. The minimum atomic E-state index is 0.114. The largest absolute Gasteiger partial charge is 0.467 e. The van der Waals surface area contributed by atoms with Gasteiger partial charge in [0.15, 0.2) is 0 Å². The fraction of sp³-hybridized carbons (Fsp3) is 0.375. The number of rotatable bonds is 6. The van der Waals surface area contributed by atoms with Crippen LogP contribution in [0.5, 0.6) is 0 Å². The van der Waals surface area contributed by atoms with Gasteiger partial charge in [0, 0.05) is 11.3 Å². The van der Waals surface area contributed by atoms with Crippen LogP contribution in [-0.4, -0.2) is 17.5 Å². The molecule has 0 amide bonds. The van der Waals surface area contributed by atoms with Crippen molar-refractivity contribution in [2.24, 2.45) is 0 Å². The molecule has 19 heavy (non-hydrogen) atoms. The maximum Gasteiger partial charge on any atom is 0.125 e. The van der Waals surface area contributed by atoms with Crippen molar-refractivity contribution in [1.82, 2.24) is 5.32 Å². The Labute approximate surface area is 119 Å². The van der Waals surface area contributed by atoms with Crippen LogP contribution in [0.2, 0.25) is 0 Å². The Morgan fingerprint density at radius 3 is 2.47 bits per heavy atom. The van der Waals surface area contributed by atoms with E-state index >= 15 is 0 Å². The quantitative estimate of drug-likeness (QED) is 0.859. The summed E-state index contributed by atoms with van der Waals surface area (Å²) in [7, 11) is 0. The summed E-state index contributed by atoms with van der Waals surface area (Å²) in [5.41, 5.74) is 1.23. The van der Waals surface area contributed by atoms with Gasteiger partial charge in [-0.15, -0.1) is 0 Å². The highest BCUT2D eigenvalue weighted by Crippen LogP contribution is 2.25. The summed E-state index contributed by atoms with van der Waals surface area (Å²) in [6.07, 6.45) is 3.87. The molecule has 1 aromatic carbocycles. The van der Waals surface area contributed by atoms with E-state index in [0.717, 1.165) is 12.3 Å². The highest BCUT2D eigenvalue weighted by molar-refractivity contribution is 7.99. The second kappa shape index (κ2) is 6.31. The van der Waals surface area contributed by atoms with E-state index in [1.165, 1.54) is 5.56 Å². The van der Waals surface area contributed by atoms with E-state index < -0.39 is 0 Å². The van der Waals surface area contributed by atoms with Crippen molar-refractivity contribution < 1.29 is 4.42 Å². The molecule has 0 aliphatic carbocycles. The summed E-state index contributed by atoms with van der Waals surface area (Å²) in [4.78, 5) is 0. The number of hydrogen-bond acceptors (Lipinski definition) is 3. The third kappa shape index (κ3) is 3.88. The molecular weight excluding hydrogens is 254 g/mol. The van der Waals surface area contributed by atoms with Crippen LogP contribution < -0.4 is 5.32 Å². The number of thioether (sulfide) groups is 1. The Bertz CT molecular complexity index is 479. The summed E-state index contributed by atoms with van der Waals surface area (Å²) in [6, 6.07) is 14.5. The molecule has 0 aliphatic rings. The van der Waals surface area contributed by atoms with E-state index in [2.05, 4.69) is 49.7 Å². The predicted octanol–water partition coefficient (Wildman–Crippen LogP) is 4.10. The zero-order valence-corrected chi connectivity index (χ0v) is 12.5. The van der Waals surface area contributed by atoms with E-state index in [1.807, 2.05) is 30.0 Å². The summed E-state index contributed by atoms with van der Waals surface area (Å²) in [5.74, 6) is 0.961. The normalized spacial score (nSPS) is 13.4. The molecule has 0 bridgehead atoms. The van der Waals surface area contributed by atoms with E-state index in [-0.39, 0.29) is 10.8 Å². The molecule has 1 unspecified atom stereocenters. The van der Waals surface area contributed by atoms with Crippen molar-refractivity contribution in [3.8, 4) is 0 Å². The molecule has 3 heteroatoms. The maximum atomic E-state index is 5.58. The van der Waals surface area contributed by atoms with Crippen LogP contribution in [0.25, 0.3) is 0 Å². The van der Waals surface area contributed by atoms with Gasteiger partial charge < -0.3 is 9.73 Å². The van der Waals surface area contributed by atoms with Gasteiger partial charge in [0.25, 0.3) is 0 Å². The molecule has 1 aromatic heterocycles. The maximum absolute atomic E-state index is 5.58. The van der Waals surface area contributed by atoms with Crippen LogP contribution in [0.1, 0.15) is 31.2 Å². The summed E-state index contributed by atoms with van der Waals surface area (Å²) in [6.45, 7) is 5.41. The van der Waals surface area contributed by atoms with Gasteiger partial charge in [-0.1, -0.05) is 30.3 Å². The average molecular weight is 275 g/mol. The topological polar surface area (TPSA) is 25.2 Å². The van der Waals surface area contributed by atoms with Gasteiger partial charge in [-0.3, -0.25) is 0 Å². The smallest absolute Gasteiger partial charge is 0.125 e. The van der Waals surface area contributed by atoms with E-state index in [1.54, 1.807) is 6.26 Å². The summed E-state index contributed by atoms with van der Waals surface area (Å²) in [5, 5.41) is 3.62. The number of nitrogens with one attached hydrogen (secondary N) is 1. The van der Waals surface area contributed by atoms with Crippen LogP contribution in [0.4, 0.5) is 0 Å². The minimum absolute atomic E-state index is 0.114. The second-order valence-electron chi connectivity index (χ2n) is 5.20. The first-order valence-corrected chi connectivity index (χ1v) is 7.72. The second-order valence-corrected chi connectivity index (χ2v) is 6.72. The first-order chi connectivity index (χ1) is 9.12. The molecule has 2 aromatic rings. The van der Waals surface area contributed by atoms with Gasteiger partial charge in [-0.25, -0.2) is 0 Å². The molecule has 0 saturated heterocycles. The standard InChI is InChI=1S/C16H21NOS/c1-16(2,19-3)12-17-15(14-10-7-11-18-14)13-8-5-4-6-9-13/h4-11,15,17H,12H2,1-3H3. The average Bonchev–Trinajstić information content (AvgIpc) is 2.94. The summed E-state index contributed by atoms with van der Waals surface area (Å²) < 4.78 is 5.79. The number of hydrogen-bond donors (Lipinski definition) is 1. The van der Waals surface area contributed by atoms with Gasteiger partial charge in [0.05, 0.1) is 12.3 Å². The SMILES string of the molecule is CSC(C)(C)CNC(c1ccccc1)c1ccco1. The molecule has 0 aliphatic heterocycles. The third-order valence-electron chi connectivity index (χ3n) is 3.25. The lowest BCUT2D eigenvalue weighted by atomic mass is 10.0. The highest BCUT2D eigenvalue weighted by Gasteiger charge is 2.21. The zero-order chi connectivity index (χ0) is 13.7. The van der Waals surface area contributed by atoms with Crippen LogP contribution in [-0.2, 0) is 0 Å². The zero-order valence-electron chi connectivity index (χ0n) is 11.7. The van der Waals surface area contributed by atoms with Crippen LogP contribution in [0.15, 0.2) is 53.1 Å². The van der Waals surface area contributed by atoms with Gasteiger partial charge in [-0.2, -0.15) is 11.8 Å². The van der Waals surface area contributed by atoms with Crippen molar-refractivity contribution in [1.29, 1.82) is 0 Å². The van der Waals surface area contributed by atoms with E-state index in [4.69, 9.17) is 4.42 Å². The molecule has 1 N–H and O–H groups in total. The first-order valence-electron chi connectivity index (χ1n) is 6.49. The molecule has 102 valence electrons. The fourth-order valence-electron chi connectivity index (χ4n) is 1.90. The molecule has 0 saturated carbocycles. The Morgan fingerprint density at radius 2 is 1.89 bits per heavy atom. The Morgan fingerprint density at radius 1 is 1.16 bits per heavy atom. The van der Waals surface area contributed by atoms with Crippen molar-refractivity contribution in [2.75, 3.05) is 12.8 Å². The third-order valence-corrected chi connectivity index (χ3v) is 4.49. The highest BCUT2D eigenvalue weighted by atomic mass is 32.2. The Hall–Kier alpha value is -1.19. The molecule has 2 nitrogen and oxygen atoms in total. The number of benzene rings is 1. The van der Waals surface area contributed by atoms with Crippen molar-refractivity contribution >= 4 is 11.8 Å². The van der Waals surface area contributed by atoms with Gasteiger partial charge >= 0.3 is 0 Å². The van der Waals surface area contributed by atoms with Crippen molar-refractivity contribution in [2.45, 2.75) is 24.6 Å². The lowest BCUT2D eigenvalue weighted by Gasteiger charge is -2.26. The van der Waals surface area contributed by atoms with Crippen LogP contribution >= 0.6 is 11.8 Å². The Balaban J connectivity index is 2.17. The van der Waals surface area contributed by atoms with Gasteiger partial charge in [0.1, 0.15) is 5.76 Å². The molecule has 2 rings (SSSR count). The lowest BCUT2D eigenvalue weighted by Crippen LogP contribution is -2.35. The van der Waals surface area contributed by atoms with Crippen LogP contribution in [0.3, 0.4) is 0 Å². The molecule has 0 radical (unpaired) electrons. The summed E-state index contributed by atoms with van der Waals surface area (Å²) >= 11 is 1.87. The van der Waals surface area contributed by atoms with E-state index in [0.29, 0.717) is 0 Å². The monoisotopic (exact) mass is 275 g/mol. The van der Waals surface area contributed by atoms with Crippen molar-refractivity contribution in [3.05, 3.63) is 60.1 Å². The molecular formula is C16H21NOS. The fourth-order valence-corrected chi connectivity index (χ4v) is 2.13.